The molecule has 0 radical (unpaired) electrons. The summed E-state index contributed by atoms with van der Waals surface area (Å²) in [6, 6.07) is 4.95. The van der Waals surface area contributed by atoms with Gasteiger partial charge in [0.15, 0.2) is 0 Å². The SMILES string of the molecule is CCCCS(=O)(=O)Nc1ccc2c(c1)N(C)C(=O)CCO2. The molecule has 0 saturated carbocycles. The molecule has 0 unspecified atom stereocenters. The fourth-order valence-electron chi connectivity index (χ4n) is 2.08. The Labute approximate surface area is 125 Å². The average Bonchev–Trinajstić information content (AvgIpc) is 2.57. The van der Waals surface area contributed by atoms with E-state index in [0.717, 1.165) is 6.42 Å². The molecule has 2 rings (SSSR count). The normalized spacial score (nSPS) is 15.1. The number of nitrogens with one attached hydrogen (secondary N) is 1. The van der Waals surface area contributed by atoms with Gasteiger partial charge in [0.05, 0.1) is 30.2 Å². The van der Waals surface area contributed by atoms with E-state index in [4.69, 9.17) is 4.74 Å². The maximum atomic E-state index is 11.9. The summed E-state index contributed by atoms with van der Waals surface area (Å²) in [7, 11) is -1.70. The van der Waals surface area contributed by atoms with Crippen LogP contribution in [0.5, 0.6) is 5.75 Å². The van der Waals surface area contributed by atoms with Gasteiger partial charge in [-0.25, -0.2) is 8.42 Å². The molecular formula is C14H20N2O4S. The van der Waals surface area contributed by atoms with E-state index in [1.165, 1.54) is 4.90 Å². The summed E-state index contributed by atoms with van der Waals surface area (Å²) in [6.45, 7) is 2.27. The second-order valence-electron chi connectivity index (χ2n) is 5.01. The number of ether oxygens (including phenoxy) is 1. The number of anilines is 2. The van der Waals surface area contributed by atoms with Crippen LogP contribution in [-0.4, -0.2) is 33.7 Å². The molecule has 1 heterocycles. The molecule has 7 heteroatoms. The highest BCUT2D eigenvalue weighted by Crippen LogP contribution is 2.33. The van der Waals surface area contributed by atoms with Crippen molar-refractivity contribution in [2.75, 3.05) is 29.0 Å². The summed E-state index contributed by atoms with van der Waals surface area (Å²) >= 11 is 0. The zero-order valence-corrected chi connectivity index (χ0v) is 13.1. The lowest BCUT2D eigenvalue weighted by atomic mass is 10.2. The van der Waals surface area contributed by atoms with Crippen molar-refractivity contribution in [3.05, 3.63) is 18.2 Å². The minimum atomic E-state index is -3.36. The maximum absolute atomic E-state index is 11.9. The van der Waals surface area contributed by atoms with Gasteiger partial charge in [0.25, 0.3) is 0 Å². The second kappa shape index (κ2) is 6.34. The van der Waals surface area contributed by atoms with Crippen LogP contribution >= 0.6 is 0 Å². The van der Waals surface area contributed by atoms with Crippen molar-refractivity contribution in [3.63, 3.8) is 0 Å². The molecule has 0 fully saturated rings. The van der Waals surface area contributed by atoms with Gasteiger partial charge in [0.2, 0.25) is 15.9 Å². The molecule has 21 heavy (non-hydrogen) atoms. The predicted octanol–water partition coefficient (Wildman–Crippen LogP) is 1.97. The number of benzene rings is 1. The number of sulfonamides is 1. The van der Waals surface area contributed by atoms with Crippen LogP contribution in [0.4, 0.5) is 11.4 Å². The van der Waals surface area contributed by atoms with E-state index in [0.29, 0.717) is 36.6 Å². The molecule has 1 amide bonds. The number of hydrogen-bond acceptors (Lipinski definition) is 4. The topological polar surface area (TPSA) is 75.7 Å². The Hall–Kier alpha value is -1.76. The number of unbranched alkanes of at least 4 members (excludes halogenated alkanes) is 1. The van der Waals surface area contributed by atoms with Gasteiger partial charge in [-0.3, -0.25) is 9.52 Å². The standard InChI is InChI=1S/C14H20N2O4S/c1-3-4-9-21(18,19)15-11-5-6-13-12(10-11)16(2)14(17)7-8-20-13/h5-6,10,15H,3-4,7-9H2,1-2H3. The van der Waals surface area contributed by atoms with Crippen molar-refractivity contribution in [1.29, 1.82) is 0 Å². The Balaban J connectivity index is 2.24. The Morgan fingerprint density at radius 1 is 1.38 bits per heavy atom. The number of carbonyl (C=O) groups is 1. The van der Waals surface area contributed by atoms with E-state index >= 15 is 0 Å². The molecule has 1 aromatic carbocycles. The van der Waals surface area contributed by atoms with Crippen LogP contribution in [0.1, 0.15) is 26.2 Å². The fourth-order valence-corrected chi connectivity index (χ4v) is 3.34. The van der Waals surface area contributed by atoms with E-state index in [9.17, 15) is 13.2 Å². The number of carbonyl (C=O) groups excluding carboxylic acids is 1. The lowest BCUT2D eigenvalue weighted by Gasteiger charge is -2.17. The monoisotopic (exact) mass is 312 g/mol. The first-order valence-corrected chi connectivity index (χ1v) is 8.62. The van der Waals surface area contributed by atoms with E-state index in [-0.39, 0.29) is 11.7 Å². The number of nitrogens with zero attached hydrogens (tertiary/aromatic N) is 1. The third-order valence-electron chi connectivity index (χ3n) is 3.31. The zero-order valence-electron chi connectivity index (χ0n) is 12.3. The van der Waals surface area contributed by atoms with Crippen LogP contribution in [0.2, 0.25) is 0 Å². The summed E-state index contributed by atoms with van der Waals surface area (Å²) in [5.41, 5.74) is 1.02. The lowest BCUT2D eigenvalue weighted by molar-refractivity contribution is -0.118. The summed E-state index contributed by atoms with van der Waals surface area (Å²) in [4.78, 5) is 13.3. The summed E-state index contributed by atoms with van der Waals surface area (Å²) in [5.74, 6) is 0.617. The molecular weight excluding hydrogens is 292 g/mol. The molecule has 1 aliphatic heterocycles. The van der Waals surface area contributed by atoms with Crippen LogP contribution in [0.15, 0.2) is 18.2 Å². The molecule has 0 atom stereocenters. The third kappa shape index (κ3) is 3.87. The highest BCUT2D eigenvalue weighted by molar-refractivity contribution is 7.92. The first-order valence-electron chi connectivity index (χ1n) is 6.97. The van der Waals surface area contributed by atoms with E-state index in [1.807, 2.05) is 6.92 Å². The Morgan fingerprint density at radius 2 is 2.14 bits per heavy atom. The third-order valence-corrected chi connectivity index (χ3v) is 4.68. The predicted molar refractivity (Wildman–Crippen MR) is 82.3 cm³/mol. The zero-order chi connectivity index (χ0) is 15.5. The molecule has 0 aromatic heterocycles. The minimum absolute atomic E-state index is 0.0558. The Kier molecular flexibility index (Phi) is 4.72. The van der Waals surface area contributed by atoms with Gasteiger partial charge in [-0.15, -0.1) is 0 Å². The van der Waals surface area contributed by atoms with Gasteiger partial charge in [0.1, 0.15) is 5.75 Å². The number of fused-ring (bicyclic) bond motifs is 1. The lowest BCUT2D eigenvalue weighted by Crippen LogP contribution is -2.25. The van der Waals surface area contributed by atoms with Gasteiger partial charge in [-0.05, 0) is 24.6 Å². The van der Waals surface area contributed by atoms with Gasteiger partial charge in [-0.2, -0.15) is 0 Å². The van der Waals surface area contributed by atoms with E-state index in [2.05, 4.69) is 4.72 Å². The summed E-state index contributed by atoms with van der Waals surface area (Å²) in [6.07, 6.45) is 1.74. The van der Waals surface area contributed by atoms with E-state index in [1.54, 1.807) is 25.2 Å². The first kappa shape index (κ1) is 15.6. The molecule has 0 bridgehead atoms. The van der Waals surface area contributed by atoms with E-state index < -0.39 is 10.0 Å². The fraction of sp³-hybridized carbons (Fsp3) is 0.500. The van der Waals surface area contributed by atoms with Crippen LogP contribution in [0.25, 0.3) is 0 Å². The number of rotatable bonds is 5. The molecule has 0 aliphatic carbocycles. The Bertz CT molecular complexity index is 628. The largest absolute Gasteiger partial charge is 0.491 e. The first-order chi connectivity index (χ1) is 9.93. The quantitative estimate of drug-likeness (QED) is 0.902. The minimum Gasteiger partial charge on any atom is -0.491 e. The summed E-state index contributed by atoms with van der Waals surface area (Å²) < 4.78 is 31.9. The van der Waals surface area contributed by atoms with Gasteiger partial charge in [0, 0.05) is 7.05 Å². The van der Waals surface area contributed by atoms with Gasteiger partial charge in [-0.1, -0.05) is 13.3 Å². The highest BCUT2D eigenvalue weighted by Gasteiger charge is 2.21. The second-order valence-corrected chi connectivity index (χ2v) is 6.85. The molecule has 116 valence electrons. The van der Waals surface area contributed by atoms with Crippen LogP contribution in [0.3, 0.4) is 0 Å². The van der Waals surface area contributed by atoms with Gasteiger partial charge < -0.3 is 9.64 Å². The van der Waals surface area contributed by atoms with Crippen molar-refractivity contribution < 1.29 is 17.9 Å². The average molecular weight is 312 g/mol. The van der Waals surface area contributed by atoms with Crippen LogP contribution in [0, 0.1) is 0 Å². The van der Waals surface area contributed by atoms with Crippen molar-refractivity contribution >= 4 is 27.3 Å². The number of amides is 1. The Morgan fingerprint density at radius 3 is 2.86 bits per heavy atom. The molecule has 1 aliphatic rings. The van der Waals surface area contributed by atoms with Crippen molar-refractivity contribution in [1.82, 2.24) is 0 Å². The smallest absolute Gasteiger partial charge is 0.232 e. The molecule has 0 spiro atoms. The maximum Gasteiger partial charge on any atom is 0.232 e. The van der Waals surface area contributed by atoms with Crippen molar-refractivity contribution in [2.24, 2.45) is 0 Å². The van der Waals surface area contributed by atoms with Crippen molar-refractivity contribution in [3.8, 4) is 5.75 Å². The number of hydrogen-bond donors (Lipinski definition) is 1. The van der Waals surface area contributed by atoms with Crippen LogP contribution < -0.4 is 14.4 Å². The van der Waals surface area contributed by atoms with Crippen molar-refractivity contribution in [2.45, 2.75) is 26.2 Å². The van der Waals surface area contributed by atoms with Gasteiger partial charge >= 0.3 is 0 Å². The molecule has 0 saturated heterocycles. The highest BCUT2D eigenvalue weighted by atomic mass is 32.2. The molecule has 1 N–H and O–H groups in total. The molecule has 6 nitrogen and oxygen atoms in total. The molecule has 1 aromatic rings. The summed E-state index contributed by atoms with van der Waals surface area (Å²) in [5, 5.41) is 0. The van der Waals surface area contributed by atoms with Crippen LogP contribution in [-0.2, 0) is 14.8 Å².